The maximum atomic E-state index is 11.9. The number of carbonyl (C=O) groups excluding carboxylic acids is 1. The van der Waals surface area contributed by atoms with Crippen molar-refractivity contribution in [3.05, 3.63) is 0 Å². The molecule has 0 aromatic heterocycles. The highest BCUT2D eigenvalue weighted by molar-refractivity contribution is 5.83. The molecule has 1 atom stereocenters. The van der Waals surface area contributed by atoms with E-state index in [0.717, 1.165) is 18.3 Å². The molecule has 1 nitrogen and oxygen atoms in total. The molecular weight excluding hydrogens is 172 g/mol. The van der Waals surface area contributed by atoms with Gasteiger partial charge in [-0.3, -0.25) is 4.79 Å². The average molecular weight is 196 g/mol. The van der Waals surface area contributed by atoms with Gasteiger partial charge in [-0.25, -0.2) is 0 Å². The molecule has 0 spiro atoms. The Labute approximate surface area is 88.3 Å². The fourth-order valence-electron chi connectivity index (χ4n) is 2.05. The van der Waals surface area contributed by atoms with Crippen LogP contribution >= 0.6 is 0 Å². The van der Waals surface area contributed by atoms with Gasteiger partial charge < -0.3 is 0 Å². The zero-order valence-electron chi connectivity index (χ0n) is 10.0. The van der Waals surface area contributed by atoms with Crippen LogP contribution in [0.15, 0.2) is 0 Å². The molecule has 1 fully saturated rings. The van der Waals surface area contributed by atoms with Gasteiger partial charge in [0.15, 0.2) is 0 Å². The molecule has 0 aromatic rings. The smallest absolute Gasteiger partial charge is 0.138 e. The number of rotatable bonds is 6. The third-order valence-electron chi connectivity index (χ3n) is 3.18. The van der Waals surface area contributed by atoms with Gasteiger partial charge in [-0.2, -0.15) is 0 Å². The molecule has 0 N–H and O–H groups in total. The zero-order chi connectivity index (χ0) is 10.7. The average Bonchev–Trinajstić information content (AvgIpc) is 2.87. The molecule has 1 heteroatoms. The Bertz CT molecular complexity index is 189. The Morgan fingerprint density at radius 3 is 2.07 bits per heavy atom. The van der Waals surface area contributed by atoms with Gasteiger partial charge in [-0.15, -0.1) is 0 Å². The Hall–Kier alpha value is -0.330. The quantitative estimate of drug-likeness (QED) is 0.633. The van der Waals surface area contributed by atoms with Crippen molar-refractivity contribution in [2.45, 2.75) is 53.4 Å². The number of hydrogen-bond acceptors (Lipinski definition) is 1. The molecule has 1 unspecified atom stereocenters. The minimum atomic E-state index is 0.229. The molecule has 0 saturated heterocycles. The van der Waals surface area contributed by atoms with Crippen LogP contribution in [0.1, 0.15) is 53.4 Å². The number of ketones is 1. The van der Waals surface area contributed by atoms with E-state index in [-0.39, 0.29) is 5.92 Å². The lowest BCUT2D eigenvalue weighted by Crippen LogP contribution is -2.22. The van der Waals surface area contributed by atoms with Crippen molar-refractivity contribution in [1.82, 2.24) is 0 Å². The van der Waals surface area contributed by atoms with E-state index in [4.69, 9.17) is 0 Å². The van der Waals surface area contributed by atoms with Crippen molar-refractivity contribution >= 4 is 5.78 Å². The molecule has 0 aromatic carbocycles. The van der Waals surface area contributed by atoms with Crippen molar-refractivity contribution in [3.63, 3.8) is 0 Å². The summed E-state index contributed by atoms with van der Waals surface area (Å²) in [5, 5.41) is 0. The zero-order valence-corrected chi connectivity index (χ0v) is 10.0. The van der Waals surface area contributed by atoms with Crippen LogP contribution in [0.3, 0.4) is 0 Å². The summed E-state index contributed by atoms with van der Waals surface area (Å²) in [6.07, 6.45) is 4.92. The van der Waals surface area contributed by atoms with E-state index in [9.17, 15) is 4.79 Å². The van der Waals surface area contributed by atoms with Crippen LogP contribution in [0.4, 0.5) is 0 Å². The van der Waals surface area contributed by atoms with E-state index in [1.54, 1.807) is 0 Å². The maximum absolute atomic E-state index is 11.9. The van der Waals surface area contributed by atoms with Crippen molar-refractivity contribution < 1.29 is 4.79 Å². The second kappa shape index (κ2) is 4.95. The van der Waals surface area contributed by atoms with Gasteiger partial charge in [-0.05, 0) is 31.1 Å². The van der Waals surface area contributed by atoms with E-state index >= 15 is 0 Å². The lowest BCUT2D eigenvalue weighted by Gasteiger charge is -2.18. The lowest BCUT2D eigenvalue weighted by molar-refractivity contribution is -0.126. The van der Waals surface area contributed by atoms with Crippen molar-refractivity contribution in [3.8, 4) is 0 Å². The molecular formula is C13H24O. The van der Waals surface area contributed by atoms with Gasteiger partial charge >= 0.3 is 0 Å². The minimum absolute atomic E-state index is 0.229. The standard InChI is InChI=1S/C13H24O/c1-9(2)5-8-12(11-6-7-11)13(14)10(3)4/h9-12H,5-8H2,1-4H3. The van der Waals surface area contributed by atoms with Crippen LogP contribution in [-0.4, -0.2) is 5.78 Å². The number of Topliss-reactive ketones (excluding diaryl/α,β-unsaturated/α-hetero) is 1. The highest BCUT2D eigenvalue weighted by atomic mass is 16.1. The summed E-state index contributed by atoms with van der Waals surface area (Å²) in [6, 6.07) is 0. The van der Waals surface area contributed by atoms with Gasteiger partial charge in [0, 0.05) is 11.8 Å². The fourth-order valence-corrected chi connectivity index (χ4v) is 2.05. The highest BCUT2D eigenvalue weighted by Crippen LogP contribution is 2.41. The largest absolute Gasteiger partial charge is 0.299 e. The summed E-state index contributed by atoms with van der Waals surface area (Å²) in [6.45, 7) is 8.55. The Morgan fingerprint density at radius 2 is 1.71 bits per heavy atom. The SMILES string of the molecule is CC(C)CCC(C(=O)C(C)C)C1CC1. The lowest BCUT2D eigenvalue weighted by atomic mass is 9.86. The molecule has 0 aliphatic heterocycles. The first-order chi connectivity index (χ1) is 6.52. The predicted octanol–water partition coefficient (Wildman–Crippen LogP) is 3.67. The molecule has 1 saturated carbocycles. The fraction of sp³-hybridized carbons (Fsp3) is 0.923. The van der Waals surface area contributed by atoms with Gasteiger partial charge in [0.05, 0.1) is 0 Å². The topological polar surface area (TPSA) is 17.1 Å². The summed E-state index contributed by atoms with van der Waals surface area (Å²) in [5.74, 6) is 2.60. The van der Waals surface area contributed by atoms with Crippen LogP contribution in [0.5, 0.6) is 0 Å². The molecule has 82 valence electrons. The first-order valence-corrected chi connectivity index (χ1v) is 6.06. The summed E-state index contributed by atoms with van der Waals surface area (Å²) in [7, 11) is 0. The monoisotopic (exact) mass is 196 g/mol. The Kier molecular flexibility index (Phi) is 4.15. The van der Waals surface area contributed by atoms with Crippen molar-refractivity contribution in [2.75, 3.05) is 0 Å². The first-order valence-electron chi connectivity index (χ1n) is 6.06. The van der Waals surface area contributed by atoms with Crippen molar-refractivity contribution in [1.29, 1.82) is 0 Å². The van der Waals surface area contributed by atoms with E-state index in [1.807, 2.05) is 13.8 Å². The van der Waals surface area contributed by atoms with Crippen LogP contribution in [0, 0.1) is 23.7 Å². The first kappa shape index (κ1) is 11.7. The normalized spacial score (nSPS) is 19.0. The van der Waals surface area contributed by atoms with Gasteiger partial charge in [0.1, 0.15) is 5.78 Å². The summed E-state index contributed by atoms with van der Waals surface area (Å²) in [4.78, 5) is 11.9. The second-order valence-corrected chi connectivity index (χ2v) is 5.47. The molecule has 0 radical (unpaired) electrons. The second-order valence-electron chi connectivity index (χ2n) is 5.47. The minimum Gasteiger partial charge on any atom is -0.299 e. The summed E-state index contributed by atoms with van der Waals surface area (Å²) < 4.78 is 0. The van der Waals surface area contributed by atoms with Crippen LogP contribution in [0.25, 0.3) is 0 Å². The van der Waals surface area contributed by atoms with E-state index in [1.165, 1.54) is 19.3 Å². The molecule has 1 aliphatic carbocycles. The van der Waals surface area contributed by atoms with E-state index in [0.29, 0.717) is 11.7 Å². The number of carbonyl (C=O) groups is 1. The summed E-state index contributed by atoms with van der Waals surface area (Å²) in [5.41, 5.74) is 0. The molecule has 14 heavy (non-hydrogen) atoms. The number of hydrogen-bond donors (Lipinski definition) is 0. The van der Waals surface area contributed by atoms with Crippen LogP contribution in [-0.2, 0) is 4.79 Å². The molecule has 1 aliphatic rings. The van der Waals surface area contributed by atoms with Gasteiger partial charge in [-0.1, -0.05) is 34.1 Å². The van der Waals surface area contributed by atoms with E-state index < -0.39 is 0 Å². The predicted molar refractivity (Wildman–Crippen MR) is 60.1 cm³/mol. The van der Waals surface area contributed by atoms with Crippen LogP contribution in [0.2, 0.25) is 0 Å². The molecule has 0 heterocycles. The Balaban J connectivity index is 2.42. The van der Waals surface area contributed by atoms with Gasteiger partial charge in [0.2, 0.25) is 0 Å². The third-order valence-corrected chi connectivity index (χ3v) is 3.18. The molecule has 0 bridgehead atoms. The van der Waals surface area contributed by atoms with Crippen LogP contribution < -0.4 is 0 Å². The highest BCUT2D eigenvalue weighted by Gasteiger charge is 2.36. The Morgan fingerprint density at radius 1 is 1.14 bits per heavy atom. The van der Waals surface area contributed by atoms with Gasteiger partial charge in [0.25, 0.3) is 0 Å². The third kappa shape index (κ3) is 3.43. The molecule has 0 amide bonds. The van der Waals surface area contributed by atoms with Crippen molar-refractivity contribution in [2.24, 2.45) is 23.7 Å². The van der Waals surface area contributed by atoms with E-state index in [2.05, 4.69) is 13.8 Å². The molecule has 1 rings (SSSR count). The summed E-state index contributed by atoms with van der Waals surface area (Å²) >= 11 is 0. The maximum Gasteiger partial charge on any atom is 0.138 e.